The van der Waals surface area contributed by atoms with Crippen molar-refractivity contribution < 1.29 is 9.53 Å². The summed E-state index contributed by atoms with van der Waals surface area (Å²) in [6, 6.07) is 8.76. The van der Waals surface area contributed by atoms with Gasteiger partial charge in [-0.1, -0.05) is 27.5 Å². The summed E-state index contributed by atoms with van der Waals surface area (Å²) in [7, 11) is 1.54. The van der Waals surface area contributed by atoms with Crippen LogP contribution in [-0.2, 0) is 0 Å². The molecule has 2 nitrogen and oxygen atoms in total. The normalized spacial score (nSPS) is 10.4. The highest BCUT2D eigenvalue weighted by molar-refractivity contribution is 9.10. The fraction of sp³-hybridized carbons (Fsp3) is 0.188. The van der Waals surface area contributed by atoms with Gasteiger partial charge in [0, 0.05) is 15.1 Å². The first kappa shape index (κ1) is 15.1. The molecule has 0 amide bonds. The molecule has 0 atom stereocenters. The first-order chi connectivity index (χ1) is 9.43. The fourth-order valence-electron chi connectivity index (χ4n) is 2.09. The van der Waals surface area contributed by atoms with E-state index in [-0.39, 0.29) is 5.78 Å². The van der Waals surface area contributed by atoms with Crippen LogP contribution in [-0.4, -0.2) is 12.9 Å². The Kier molecular flexibility index (Phi) is 4.51. The van der Waals surface area contributed by atoms with Crippen LogP contribution < -0.4 is 4.74 Å². The number of ketones is 1. The third-order valence-corrected chi connectivity index (χ3v) is 4.59. The lowest BCUT2D eigenvalue weighted by molar-refractivity contribution is 0.103. The van der Waals surface area contributed by atoms with E-state index < -0.39 is 0 Å². The summed E-state index contributed by atoms with van der Waals surface area (Å²) in [6.45, 7) is 3.92. The Labute approximate surface area is 131 Å². The molecule has 0 aliphatic rings. The van der Waals surface area contributed by atoms with Crippen molar-refractivity contribution in [1.29, 1.82) is 0 Å². The molecule has 0 bridgehead atoms. The van der Waals surface area contributed by atoms with Crippen molar-refractivity contribution in [1.82, 2.24) is 0 Å². The Bertz CT molecular complexity index is 657. The average molecular weight is 354 g/mol. The molecule has 2 aromatic rings. The summed E-state index contributed by atoms with van der Waals surface area (Å²) in [5.41, 5.74) is 3.15. The molecule has 0 unspecified atom stereocenters. The van der Waals surface area contributed by atoms with Crippen molar-refractivity contribution in [3.63, 3.8) is 0 Å². The zero-order chi connectivity index (χ0) is 14.9. The second-order valence-corrected chi connectivity index (χ2v) is 5.83. The number of rotatable bonds is 3. The van der Waals surface area contributed by atoms with Crippen LogP contribution >= 0.6 is 27.5 Å². The van der Waals surface area contributed by atoms with E-state index in [1.165, 1.54) is 7.11 Å². The number of carbonyl (C=O) groups is 1. The Morgan fingerprint density at radius 2 is 1.75 bits per heavy atom. The molecule has 0 spiro atoms. The van der Waals surface area contributed by atoms with Gasteiger partial charge in [0.1, 0.15) is 5.75 Å². The molecule has 0 aliphatic carbocycles. The Morgan fingerprint density at radius 1 is 1.15 bits per heavy atom. The number of aryl methyl sites for hydroxylation is 2. The van der Waals surface area contributed by atoms with Crippen molar-refractivity contribution in [3.8, 4) is 5.75 Å². The van der Waals surface area contributed by atoms with E-state index in [2.05, 4.69) is 15.9 Å². The number of benzene rings is 2. The molecule has 4 heteroatoms. The lowest BCUT2D eigenvalue weighted by Crippen LogP contribution is -2.05. The van der Waals surface area contributed by atoms with E-state index in [4.69, 9.17) is 16.3 Å². The van der Waals surface area contributed by atoms with Gasteiger partial charge in [0.2, 0.25) is 0 Å². The lowest BCUT2D eigenvalue weighted by atomic mass is 9.99. The Balaban J connectivity index is 2.54. The highest BCUT2D eigenvalue weighted by atomic mass is 79.9. The van der Waals surface area contributed by atoms with Gasteiger partial charge >= 0.3 is 0 Å². The molecule has 0 fully saturated rings. The van der Waals surface area contributed by atoms with Crippen LogP contribution in [0.1, 0.15) is 27.0 Å². The van der Waals surface area contributed by atoms with Gasteiger partial charge in [-0.15, -0.1) is 0 Å². The van der Waals surface area contributed by atoms with Gasteiger partial charge in [0.15, 0.2) is 5.78 Å². The lowest BCUT2D eigenvalue weighted by Gasteiger charge is -2.10. The van der Waals surface area contributed by atoms with E-state index in [0.717, 1.165) is 15.6 Å². The second-order valence-electron chi connectivity index (χ2n) is 4.60. The maximum Gasteiger partial charge on any atom is 0.196 e. The van der Waals surface area contributed by atoms with Gasteiger partial charge in [-0.2, -0.15) is 0 Å². The van der Waals surface area contributed by atoms with E-state index in [9.17, 15) is 4.79 Å². The zero-order valence-electron chi connectivity index (χ0n) is 11.5. The maximum atomic E-state index is 12.6. The van der Waals surface area contributed by atoms with Crippen LogP contribution in [0.2, 0.25) is 5.02 Å². The monoisotopic (exact) mass is 352 g/mol. The highest BCUT2D eigenvalue weighted by Crippen LogP contribution is 2.28. The van der Waals surface area contributed by atoms with Gasteiger partial charge in [-0.3, -0.25) is 4.79 Å². The van der Waals surface area contributed by atoms with Gasteiger partial charge < -0.3 is 4.74 Å². The molecule has 0 saturated heterocycles. The van der Waals surface area contributed by atoms with Crippen molar-refractivity contribution in [3.05, 3.63) is 62.1 Å². The van der Waals surface area contributed by atoms with Crippen molar-refractivity contribution in [2.45, 2.75) is 13.8 Å². The molecule has 2 rings (SSSR count). The summed E-state index contributed by atoms with van der Waals surface area (Å²) >= 11 is 9.48. The molecule has 0 heterocycles. The molecule has 20 heavy (non-hydrogen) atoms. The third kappa shape index (κ3) is 2.89. The second kappa shape index (κ2) is 5.98. The Hall–Kier alpha value is -1.32. The van der Waals surface area contributed by atoms with Gasteiger partial charge in [0.05, 0.1) is 12.7 Å². The quantitative estimate of drug-likeness (QED) is 0.729. The largest absolute Gasteiger partial charge is 0.496 e. The SMILES string of the molecule is COc1ccc(Cl)cc1C(=O)c1cc(C)c(Br)c(C)c1. The topological polar surface area (TPSA) is 26.3 Å². The molecular formula is C16H14BrClO2. The highest BCUT2D eigenvalue weighted by Gasteiger charge is 2.16. The third-order valence-electron chi connectivity index (χ3n) is 3.10. The number of ether oxygens (including phenoxy) is 1. The minimum absolute atomic E-state index is 0.0944. The van der Waals surface area contributed by atoms with E-state index in [1.54, 1.807) is 18.2 Å². The average Bonchev–Trinajstić information content (AvgIpc) is 2.43. The molecule has 0 saturated carbocycles. The molecule has 0 N–H and O–H groups in total. The van der Waals surface area contributed by atoms with Crippen LogP contribution in [0.3, 0.4) is 0 Å². The number of methoxy groups -OCH3 is 1. The van der Waals surface area contributed by atoms with Crippen molar-refractivity contribution >= 4 is 33.3 Å². The molecule has 0 aliphatic heterocycles. The van der Waals surface area contributed by atoms with Crippen molar-refractivity contribution in [2.24, 2.45) is 0 Å². The van der Waals surface area contributed by atoms with Crippen LogP contribution in [0.5, 0.6) is 5.75 Å². The van der Waals surface area contributed by atoms with Crippen LogP contribution in [0.15, 0.2) is 34.8 Å². The van der Waals surface area contributed by atoms with Crippen molar-refractivity contribution in [2.75, 3.05) is 7.11 Å². The summed E-state index contributed by atoms with van der Waals surface area (Å²) in [5, 5.41) is 0.514. The van der Waals surface area contributed by atoms with Gasteiger partial charge in [-0.25, -0.2) is 0 Å². The molecule has 2 aromatic carbocycles. The first-order valence-corrected chi connectivity index (χ1v) is 7.26. The maximum absolute atomic E-state index is 12.6. The predicted molar refractivity (Wildman–Crippen MR) is 85.1 cm³/mol. The minimum Gasteiger partial charge on any atom is -0.496 e. The smallest absolute Gasteiger partial charge is 0.196 e. The molecule has 0 radical (unpaired) electrons. The first-order valence-electron chi connectivity index (χ1n) is 6.09. The number of hydrogen-bond acceptors (Lipinski definition) is 2. The summed E-state index contributed by atoms with van der Waals surface area (Å²) in [6.07, 6.45) is 0. The minimum atomic E-state index is -0.0944. The molecule has 104 valence electrons. The van der Waals surface area contributed by atoms with Gasteiger partial charge in [0.25, 0.3) is 0 Å². The van der Waals surface area contributed by atoms with Crippen LogP contribution in [0, 0.1) is 13.8 Å². The molecular weight excluding hydrogens is 340 g/mol. The van der Waals surface area contributed by atoms with E-state index in [0.29, 0.717) is 21.9 Å². The fourth-order valence-corrected chi connectivity index (χ4v) is 2.49. The standard InChI is InChI=1S/C16H14BrClO2/c1-9-6-11(7-10(2)15(9)17)16(19)13-8-12(18)4-5-14(13)20-3/h4-8H,1-3H3. The van der Waals surface area contributed by atoms with E-state index in [1.807, 2.05) is 26.0 Å². The Morgan fingerprint density at radius 3 is 2.30 bits per heavy atom. The summed E-state index contributed by atoms with van der Waals surface area (Å²) < 4.78 is 6.26. The number of halogens is 2. The van der Waals surface area contributed by atoms with Gasteiger partial charge in [-0.05, 0) is 55.3 Å². The summed E-state index contributed by atoms with van der Waals surface area (Å²) in [4.78, 5) is 12.6. The van der Waals surface area contributed by atoms with Crippen LogP contribution in [0.25, 0.3) is 0 Å². The number of hydrogen-bond donors (Lipinski definition) is 0. The van der Waals surface area contributed by atoms with Crippen LogP contribution in [0.4, 0.5) is 0 Å². The number of carbonyl (C=O) groups excluding carboxylic acids is 1. The summed E-state index contributed by atoms with van der Waals surface area (Å²) in [5.74, 6) is 0.431. The van der Waals surface area contributed by atoms with E-state index >= 15 is 0 Å². The predicted octanol–water partition coefficient (Wildman–Crippen LogP) is 4.96. The zero-order valence-corrected chi connectivity index (χ0v) is 13.8. The molecule has 0 aromatic heterocycles.